The summed E-state index contributed by atoms with van der Waals surface area (Å²) in [6.07, 6.45) is 2.38. The van der Waals surface area contributed by atoms with Crippen molar-refractivity contribution in [3.8, 4) is 0 Å². The second-order valence-electron chi connectivity index (χ2n) is 2.54. The number of allylic oxidation sites excluding steroid dienone is 4. The Bertz CT molecular complexity index is 312. The maximum Gasteiger partial charge on any atom is 0.180 e. The van der Waals surface area contributed by atoms with Gasteiger partial charge in [-0.2, -0.15) is 0 Å². The molecule has 0 aromatic carbocycles. The largest absolute Gasteiger partial charge is 0.294 e. The SMILES string of the molecule is O=C1C=C2C(=O)CC(=O)C2=C1. The highest BCUT2D eigenvalue weighted by Crippen LogP contribution is 2.27. The number of hydrogen-bond acceptors (Lipinski definition) is 3. The molecule has 0 amide bonds. The first-order valence-corrected chi connectivity index (χ1v) is 3.22. The van der Waals surface area contributed by atoms with Crippen LogP contribution in [-0.2, 0) is 14.4 Å². The van der Waals surface area contributed by atoms with E-state index in [1.54, 1.807) is 0 Å². The summed E-state index contributed by atoms with van der Waals surface area (Å²) in [7, 11) is 0. The average Bonchev–Trinajstić information content (AvgIpc) is 2.38. The van der Waals surface area contributed by atoms with Gasteiger partial charge < -0.3 is 0 Å². The van der Waals surface area contributed by atoms with Crippen molar-refractivity contribution in [2.45, 2.75) is 6.42 Å². The van der Waals surface area contributed by atoms with E-state index in [4.69, 9.17) is 0 Å². The maximum absolute atomic E-state index is 10.9. The molecule has 2 rings (SSSR count). The summed E-state index contributed by atoms with van der Waals surface area (Å²) in [4.78, 5) is 32.5. The van der Waals surface area contributed by atoms with Crippen LogP contribution in [0.3, 0.4) is 0 Å². The van der Waals surface area contributed by atoms with E-state index in [0.717, 1.165) is 0 Å². The molecular formula is C8H4O3. The van der Waals surface area contributed by atoms with Gasteiger partial charge in [-0.05, 0) is 12.2 Å². The molecule has 2 aliphatic carbocycles. The Morgan fingerprint density at radius 2 is 1.36 bits per heavy atom. The monoisotopic (exact) mass is 148 g/mol. The van der Waals surface area contributed by atoms with Crippen LogP contribution in [0.25, 0.3) is 0 Å². The number of hydrogen-bond donors (Lipinski definition) is 0. The molecule has 0 bridgehead atoms. The van der Waals surface area contributed by atoms with Crippen molar-refractivity contribution in [1.29, 1.82) is 0 Å². The predicted molar refractivity (Wildman–Crippen MR) is 35.8 cm³/mol. The first kappa shape index (κ1) is 6.22. The third-order valence-corrected chi connectivity index (χ3v) is 1.79. The molecule has 0 aromatic heterocycles. The first-order chi connectivity index (χ1) is 5.18. The summed E-state index contributed by atoms with van der Waals surface area (Å²) < 4.78 is 0. The molecular weight excluding hydrogens is 144 g/mol. The third-order valence-electron chi connectivity index (χ3n) is 1.79. The second-order valence-corrected chi connectivity index (χ2v) is 2.54. The summed E-state index contributed by atoms with van der Waals surface area (Å²) in [5.41, 5.74) is 0.611. The first-order valence-electron chi connectivity index (χ1n) is 3.22. The molecule has 3 heteroatoms. The van der Waals surface area contributed by atoms with Gasteiger partial charge in [0.05, 0.1) is 6.42 Å². The number of carbonyl (C=O) groups excluding carboxylic acids is 3. The fraction of sp³-hybridized carbons (Fsp3) is 0.125. The number of fused-ring (bicyclic) bond motifs is 1. The number of ketones is 3. The van der Waals surface area contributed by atoms with Crippen molar-refractivity contribution in [3.05, 3.63) is 23.3 Å². The Hall–Kier alpha value is -1.51. The highest BCUT2D eigenvalue weighted by atomic mass is 16.2. The standard InChI is InChI=1S/C8H4O3/c9-4-1-5-6(2-4)8(11)3-7(5)10/h1-2H,3H2. The summed E-state index contributed by atoms with van der Waals surface area (Å²) in [5.74, 6) is -0.712. The highest BCUT2D eigenvalue weighted by Gasteiger charge is 2.34. The second kappa shape index (κ2) is 1.75. The predicted octanol–water partition coefficient (Wildman–Crippen LogP) is -0.0362. The van der Waals surface area contributed by atoms with Gasteiger partial charge in [-0.3, -0.25) is 14.4 Å². The Morgan fingerprint density at radius 1 is 0.909 bits per heavy atom. The average molecular weight is 148 g/mol. The van der Waals surface area contributed by atoms with Gasteiger partial charge in [-0.1, -0.05) is 0 Å². The molecule has 0 spiro atoms. The van der Waals surface area contributed by atoms with Crippen molar-refractivity contribution >= 4 is 17.3 Å². The number of rotatable bonds is 0. The topological polar surface area (TPSA) is 51.2 Å². The Balaban J connectivity index is 2.60. The van der Waals surface area contributed by atoms with Crippen LogP contribution in [0.5, 0.6) is 0 Å². The minimum Gasteiger partial charge on any atom is -0.294 e. The summed E-state index contributed by atoms with van der Waals surface area (Å²) in [6, 6.07) is 0. The van der Waals surface area contributed by atoms with Crippen molar-refractivity contribution in [2.24, 2.45) is 0 Å². The van der Waals surface area contributed by atoms with Crippen LogP contribution in [0, 0.1) is 0 Å². The molecule has 0 N–H and O–H groups in total. The van der Waals surface area contributed by atoms with E-state index >= 15 is 0 Å². The maximum atomic E-state index is 10.9. The van der Waals surface area contributed by atoms with E-state index in [0.29, 0.717) is 11.1 Å². The van der Waals surface area contributed by atoms with Crippen LogP contribution in [0.2, 0.25) is 0 Å². The lowest BCUT2D eigenvalue weighted by molar-refractivity contribution is -0.120. The lowest BCUT2D eigenvalue weighted by Crippen LogP contribution is -1.94. The minimum absolute atomic E-state index is 0.0645. The van der Waals surface area contributed by atoms with Crippen molar-refractivity contribution in [3.63, 3.8) is 0 Å². The highest BCUT2D eigenvalue weighted by molar-refractivity contribution is 6.33. The Kier molecular flexibility index (Phi) is 0.990. The van der Waals surface area contributed by atoms with Gasteiger partial charge >= 0.3 is 0 Å². The fourth-order valence-corrected chi connectivity index (χ4v) is 1.28. The smallest absolute Gasteiger partial charge is 0.180 e. The molecule has 0 atom stereocenters. The minimum atomic E-state index is -0.253. The van der Waals surface area contributed by atoms with Gasteiger partial charge in [-0.25, -0.2) is 0 Å². The van der Waals surface area contributed by atoms with E-state index in [1.807, 2.05) is 0 Å². The van der Waals surface area contributed by atoms with Crippen molar-refractivity contribution in [2.75, 3.05) is 0 Å². The Morgan fingerprint density at radius 3 is 1.82 bits per heavy atom. The van der Waals surface area contributed by atoms with Crippen LogP contribution < -0.4 is 0 Å². The fourth-order valence-electron chi connectivity index (χ4n) is 1.28. The summed E-state index contributed by atoms with van der Waals surface area (Å²) in [6.45, 7) is 0. The number of carbonyl (C=O) groups is 3. The molecule has 0 aromatic rings. The molecule has 3 nitrogen and oxygen atoms in total. The van der Waals surface area contributed by atoms with Gasteiger partial charge in [0, 0.05) is 11.1 Å². The van der Waals surface area contributed by atoms with E-state index in [-0.39, 0.29) is 23.8 Å². The molecule has 0 heterocycles. The third kappa shape index (κ3) is 0.707. The van der Waals surface area contributed by atoms with Gasteiger partial charge in [0.2, 0.25) is 0 Å². The molecule has 0 saturated heterocycles. The van der Waals surface area contributed by atoms with Gasteiger partial charge in [-0.15, -0.1) is 0 Å². The van der Waals surface area contributed by atoms with Crippen LogP contribution in [0.1, 0.15) is 6.42 Å². The zero-order valence-electron chi connectivity index (χ0n) is 5.59. The van der Waals surface area contributed by atoms with Gasteiger partial charge in [0.25, 0.3) is 0 Å². The molecule has 0 unspecified atom stereocenters. The summed E-state index contributed by atoms with van der Waals surface area (Å²) >= 11 is 0. The van der Waals surface area contributed by atoms with E-state index in [9.17, 15) is 14.4 Å². The molecule has 1 saturated carbocycles. The van der Waals surface area contributed by atoms with Gasteiger partial charge in [0.1, 0.15) is 0 Å². The normalized spacial score (nSPS) is 22.0. The molecule has 1 fully saturated rings. The van der Waals surface area contributed by atoms with E-state index in [2.05, 4.69) is 0 Å². The molecule has 11 heavy (non-hydrogen) atoms. The zero-order chi connectivity index (χ0) is 8.01. The quantitative estimate of drug-likeness (QED) is 0.453. The van der Waals surface area contributed by atoms with E-state index in [1.165, 1.54) is 12.2 Å². The van der Waals surface area contributed by atoms with Crippen molar-refractivity contribution < 1.29 is 14.4 Å². The van der Waals surface area contributed by atoms with Crippen LogP contribution >= 0.6 is 0 Å². The lowest BCUT2D eigenvalue weighted by atomic mass is 10.2. The van der Waals surface area contributed by atoms with Gasteiger partial charge in [0.15, 0.2) is 17.3 Å². The van der Waals surface area contributed by atoms with Crippen molar-refractivity contribution in [1.82, 2.24) is 0 Å². The molecule has 54 valence electrons. The Labute approximate surface area is 62.4 Å². The number of Topliss-reactive ketones (excluding diaryl/α,β-unsaturated/α-hetero) is 2. The summed E-state index contributed by atoms with van der Waals surface area (Å²) in [5, 5.41) is 0. The van der Waals surface area contributed by atoms with Crippen LogP contribution in [-0.4, -0.2) is 17.3 Å². The van der Waals surface area contributed by atoms with Crippen LogP contribution in [0.4, 0.5) is 0 Å². The molecule has 2 aliphatic rings. The van der Waals surface area contributed by atoms with E-state index < -0.39 is 0 Å². The molecule has 0 radical (unpaired) electrons. The molecule has 0 aliphatic heterocycles. The lowest BCUT2D eigenvalue weighted by Gasteiger charge is -1.83. The zero-order valence-corrected chi connectivity index (χ0v) is 5.59. The van der Waals surface area contributed by atoms with Crippen LogP contribution in [0.15, 0.2) is 23.3 Å².